The fraction of sp³-hybridized carbons (Fsp3) is 0.889. The Morgan fingerprint density at radius 2 is 2.36 bits per heavy atom. The van der Waals surface area contributed by atoms with Crippen LogP contribution in [0, 0.1) is 5.92 Å². The first-order valence-corrected chi connectivity index (χ1v) is 4.53. The summed E-state index contributed by atoms with van der Waals surface area (Å²) in [5.41, 5.74) is 1.26. The van der Waals surface area contributed by atoms with Crippen molar-refractivity contribution in [3.05, 3.63) is 0 Å². The van der Waals surface area contributed by atoms with Crippen LogP contribution in [-0.4, -0.2) is 12.3 Å². The van der Waals surface area contributed by atoms with Crippen LogP contribution in [0.2, 0.25) is 0 Å². The third-order valence-corrected chi connectivity index (χ3v) is 2.20. The highest BCUT2D eigenvalue weighted by molar-refractivity contribution is 5.86. The lowest BCUT2D eigenvalue weighted by atomic mass is 9.89. The Morgan fingerprint density at radius 1 is 1.55 bits per heavy atom. The second kappa shape index (κ2) is 4.37. The highest BCUT2D eigenvalue weighted by atomic mass is 16.6. The Bertz CT molecular complexity index is 142. The van der Waals surface area contributed by atoms with Gasteiger partial charge < -0.3 is 4.84 Å². The van der Waals surface area contributed by atoms with E-state index in [2.05, 4.69) is 12.1 Å². The molecule has 1 saturated carbocycles. The first-order valence-electron chi connectivity index (χ1n) is 4.53. The lowest BCUT2D eigenvalue weighted by molar-refractivity contribution is 0.155. The van der Waals surface area contributed by atoms with Gasteiger partial charge in [0.05, 0.1) is 5.71 Å². The van der Waals surface area contributed by atoms with Crippen LogP contribution in [0.25, 0.3) is 0 Å². The van der Waals surface area contributed by atoms with Crippen LogP contribution in [0.3, 0.4) is 0 Å². The molecular formula is C9H17NO. The van der Waals surface area contributed by atoms with E-state index in [0.717, 1.165) is 6.42 Å². The zero-order valence-electron chi connectivity index (χ0n) is 7.47. The van der Waals surface area contributed by atoms with Gasteiger partial charge in [0, 0.05) is 0 Å². The van der Waals surface area contributed by atoms with Gasteiger partial charge in [0.15, 0.2) is 0 Å². The summed E-state index contributed by atoms with van der Waals surface area (Å²) in [6.07, 6.45) is 5.07. The minimum atomic E-state index is 0.648. The van der Waals surface area contributed by atoms with Crippen LogP contribution in [0.4, 0.5) is 0 Å². The molecule has 64 valence electrons. The van der Waals surface area contributed by atoms with Crippen molar-refractivity contribution >= 4 is 5.71 Å². The van der Waals surface area contributed by atoms with Gasteiger partial charge in [-0.2, -0.15) is 0 Å². The summed E-state index contributed by atoms with van der Waals surface area (Å²) in [5, 5.41) is 4.10. The summed E-state index contributed by atoms with van der Waals surface area (Å²) >= 11 is 0. The molecule has 0 heterocycles. The van der Waals surface area contributed by atoms with E-state index in [9.17, 15) is 0 Å². The summed E-state index contributed by atoms with van der Waals surface area (Å²) in [4.78, 5) is 5.03. The molecule has 2 nitrogen and oxygen atoms in total. The molecule has 0 bridgehead atoms. The molecule has 0 aromatic carbocycles. The van der Waals surface area contributed by atoms with E-state index >= 15 is 0 Å². The highest BCUT2D eigenvalue weighted by Gasteiger charge is 2.15. The smallest absolute Gasteiger partial charge is 0.114 e. The standard InChI is InChI=1S/C9H17NO/c1-3-11-10-9-7-5-4-6-8(9)2/h8H,3-7H2,1-2H3/b10-9-/t8-/m0/s1. The van der Waals surface area contributed by atoms with Crippen molar-refractivity contribution in [3.8, 4) is 0 Å². The van der Waals surface area contributed by atoms with E-state index in [1.165, 1.54) is 25.0 Å². The molecule has 0 aromatic rings. The second-order valence-electron chi connectivity index (χ2n) is 3.15. The van der Waals surface area contributed by atoms with Crippen molar-refractivity contribution < 1.29 is 4.84 Å². The molecule has 0 radical (unpaired) electrons. The lowest BCUT2D eigenvalue weighted by Crippen LogP contribution is -2.16. The van der Waals surface area contributed by atoms with Gasteiger partial charge in [0.25, 0.3) is 0 Å². The summed E-state index contributed by atoms with van der Waals surface area (Å²) < 4.78 is 0. The van der Waals surface area contributed by atoms with Crippen molar-refractivity contribution in [3.63, 3.8) is 0 Å². The highest BCUT2D eigenvalue weighted by Crippen LogP contribution is 2.20. The summed E-state index contributed by atoms with van der Waals surface area (Å²) in [5.74, 6) is 0.648. The fourth-order valence-corrected chi connectivity index (χ4v) is 1.45. The zero-order valence-corrected chi connectivity index (χ0v) is 7.47. The van der Waals surface area contributed by atoms with E-state index < -0.39 is 0 Å². The number of oxime groups is 1. The average molecular weight is 155 g/mol. The third kappa shape index (κ3) is 2.52. The van der Waals surface area contributed by atoms with Gasteiger partial charge in [-0.3, -0.25) is 0 Å². The SMILES string of the molecule is CCO/N=C1/CCCC[C@@H]1C. The maximum atomic E-state index is 5.03. The average Bonchev–Trinajstić information content (AvgIpc) is 2.03. The van der Waals surface area contributed by atoms with Crippen molar-refractivity contribution in [2.24, 2.45) is 11.1 Å². The van der Waals surface area contributed by atoms with Gasteiger partial charge >= 0.3 is 0 Å². The molecule has 1 atom stereocenters. The van der Waals surface area contributed by atoms with Gasteiger partial charge in [0.1, 0.15) is 6.61 Å². The van der Waals surface area contributed by atoms with E-state index in [1.807, 2.05) is 6.92 Å². The van der Waals surface area contributed by atoms with Crippen molar-refractivity contribution in [2.75, 3.05) is 6.61 Å². The molecule has 0 aromatic heterocycles. The number of rotatable bonds is 2. The largest absolute Gasteiger partial charge is 0.396 e. The minimum absolute atomic E-state index is 0.648. The van der Waals surface area contributed by atoms with Gasteiger partial charge in [-0.05, 0) is 32.1 Å². The molecule has 1 aliphatic carbocycles. The monoisotopic (exact) mass is 155 g/mol. The molecule has 0 aliphatic heterocycles. The maximum absolute atomic E-state index is 5.03. The molecule has 1 fully saturated rings. The first-order chi connectivity index (χ1) is 5.34. The Morgan fingerprint density at radius 3 is 3.00 bits per heavy atom. The normalized spacial score (nSPS) is 28.9. The quantitative estimate of drug-likeness (QED) is 0.562. The van der Waals surface area contributed by atoms with Crippen LogP contribution in [0.1, 0.15) is 39.5 Å². The van der Waals surface area contributed by atoms with Crippen LogP contribution >= 0.6 is 0 Å². The number of hydrogen-bond donors (Lipinski definition) is 0. The zero-order chi connectivity index (χ0) is 8.10. The Balaban J connectivity index is 2.40. The van der Waals surface area contributed by atoms with Crippen LogP contribution in [0.15, 0.2) is 5.16 Å². The molecule has 0 saturated heterocycles. The molecule has 0 spiro atoms. The topological polar surface area (TPSA) is 21.6 Å². The van der Waals surface area contributed by atoms with Crippen molar-refractivity contribution in [1.82, 2.24) is 0 Å². The van der Waals surface area contributed by atoms with Crippen molar-refractivity contribution in [2.45, 2.75) is 39.5 Å². The second-order valence-corrected chi connectivity index (χ2v) is 3.15. The molecule has 1 rings (SSSR count). The van der Waals surface area contributed by atoms with E-state index in [-0.39, 0.29) is 0 Å². The van der Waals surface area contributed by atoms with Crippen LogP contribution in [0.5, 0.6) is 0 Å². The van der Waals surface area contributed by atoms with Crippen molar-refractivity contribution in [1.29, 1.82) is 0 Å². The van der Waals surface area contributed by atoms with Gasteiger partial charge in [-0.25, -0.2) is 0 Å². The Kier molecular flexibility index (Phi) is 3.40. The number of nitrogens with zero attached hydrogens (tertiary/aromatic N) is 1. The van der Waals surface area contributed by atoms with Gasteiger partial charge in [-0.15, -0.1) is 0 Å². The molecule has 1 aliphatic rings. The molecule has 0 N–H and O–H groups in total. The minimum Gasteiger partial charge on any atom is -0.396 e. The first kappa shape index (κ1) is 8.57. The van der Waals surface area contributed by atoms with E-state index in [0.29, 0.717) is 12.5 Å². The lowest BCUT2D eigenvalue weighted by Gasteiger charge is -2.18. The van der Waals surface area contributed by atoms with Gasteiger partial charge in [-0.1, -0.05) is 18.5 Å². The molecule has 2 heteroatoms. The molecule has 0 unspecified atom stereocenters. The molecule has 0 amide bonds. The summed E-state index contributed by atoms with van der Waals surface area (Å²) in [7, 11) is 0. The van der Waals surface area contributed by atoms with E-state index in [1.54, 1.807) is 0 Å². The van der Waals surface area contributed by atoms with Crippen LogP contribution < -0.4 is 0 Å². The predicted molar refractivity (Wildman–Crippen MR) is 46.7 cm³/mol. The number of hydrogen-bond acceptors (Lipinski definition) is 2. The molecular weight excluding hydrogens is 138 g/mol. The molecule has 11 heavy (non-hydrogen) atoms. The fourth-order valence-electron chi connectivity index (χ4n) is 1.45. The van der Waals surface area contributed by atoms with Crippen LogP contribution in [-0.2, 0) is 4.84 Å². The third-order valence-electron chi connectivity index (χ3n) is 2.20. The van der Waals surface area contributed by atoms with Gasteiger partial charge in [0.2, 0.25) is 0 Å². The summed E-state index contributed by atoms with van der Waals surface area (Å²) in [6.45, 7) is 4.89. The summed E-state index contributed by atoms with van der Waals surface area (Å²) in [6, 6.07) is 0. The van der Waals surface area contributed by atoms with E-state index in [4.69, 9.17) is 4.84 Å². The Hall–Kier alpha value is -0.530. The Labute approximate surface area is 68.6 Å². The predicted octanol–water partition coefficient (Wildman–Crippen LogP) is 2.59. The maximum Gasteiger partial charge on any atom is 0.114 e.